The Balaban J connectivity index is 1.99. The number of H-pyrrole nitrogens is 1. The fourth-order valence-electron chi connectivity index (χ4n) is 3.37. The molecule has 0 bridgehead atoms. The molecule has 144 valence electrons. The average molecular weight is 379 g/mol. The number of hydrogen-bond donors (Lipinski definition) is 2. The molecule has 8 heteroatoms. The summed E-state index contributed by atoms with van der Waals surface area (Å²) < 4.78 is 7.01. The van der Waals surface area contributed by atoms with Crippen LogP contribution in [0.3, 0.4) is 0 Å². The number of aryl methyl sites for hydroxylation is 1. The summed E-state index contributed by atoms with van der Waals surface area (Å²) in [6, 6.07) is 6.95. The fourth-order valence-corrected chi connectivity index (χ4v) is 3.37. The molecule has 0 saturated carbocycles. The molecule has 28 heavy (non-hydrogen) atoms. The van der Waals surface area contributed by atoms with E-state index in [-0.39, 0.29) is 18.0 Å². The third kappa shape index (κ3) is 3.22. The SMILES string of the molecule is COc1cc(C)[nH]c(=O)c1CNC(=O)c1c(C)n(C(C)C#N)c2ncccc12. The minimum atomic E-state index is -0.473. The summed E-state index contributed by atoms with van der Waals surface area (Å²) in [4.78, 5) is 32.3. The minimum absolute atomic E-state index is 0.0117. The van der Waals surface area contributed by atoms with E-state index in [1.54, 1.807) is 49.7 Å². The van der Waals surface area contributed by atoms with Crippen molar-refractivity contribution < 1.29 is 9.53 Å². The van der Waals surface area contributed by atoms with Gasteiger partial charge < -0.3 is 19.6 Å². The molecule has 8 nitrogen and oxygen atoms in total. The van der Waals surface area contributed by atoms with Crippen molar-refractivity contribution in [3.05, 3.63) is 57.3 Å². The number of nitrogens with zero attached hydrogens (tertiary/aromatic N) is 3. The van der Waals surface area contributed by atoms with E-state index in [4.69, 9.17) is 4.74 Å². The van der Waals surface area contributed by atoms with Gasteiger partial charge in [-0.25, -0.2) is 4.98 Å². The second-order valence-corrected chi connectivity index (χ2v) is 6.52. The van der Waals surface area contributed by atoms with Crippen LogP contribution >= 0.6 is 0 Å². The lowest BCUT2D eigenvalue weighted by molar-refractivity contribution is 0.0951. The van der Waals surface area contributed by atoms with Crippen LogP contribution in [0.5, 0.6) is 5.75 Å². The molecule has 1 amide bonds. The number of hydrogen-bond acceptors (Lipinski definition) is 5. The number of pyridine rings is 2. The van der Waals surface area contributed by atoms with E-state index in [1.807, 2.05) is 0 Å². The van der Waals surface area contributed by atoms with E-state index in [2.05, 4.69) is 21.4 Å². The molecule has 0 aromatic carbocycles. The maximum atomic E-state index is 13.0. The number of ether oxygens (including phenoxy) is 1. The zero-order valence-corrected chi connectivity index (χ0v) is 16.2. The number of aromatic nitrogens is 3. The molecule has 1 unspecified atom stereocenters. The lowest BCUT2D eigenvalue weighted by atomic mass is 10.1. The Morgan fingerprint density at radius 1 is 1.46 bits per heavy atom. The van der Waals surface area contributed by atoms with Gasteiger partial charge in [0.25, 0.3) is 11.5 Å². The van der Waals surface area contributed by atoms with Crippen LogP contribution in [0.2, 0.25) is 0 Å². The smallest absolute Gasteiger partial charge is 0.256 e. The van der Waals surface area contributed by atoms with Gasteiger partial charge in [0, 0.05) is 23.0 Å². The molecule has 0 fully saturated rings. The first-order valence-electron chi connectivity index (χ1n) is 8.79. The highest BCUT2D eigenvalue weighted by Gasteiger charge is 2.23. The molecular weight excluding hydrogens is 358 g/mol. The second kappa shape index (κ2) is 7.56. The summed E-state index contributed by atoms with van der Waals surface area (Å²) >= 11 is 0. The normalized spacial score (nSPS) is 11.8. The zero-order chi connectivity index (χ0) is 20.4. The number of methoxy groups -OCH3 is 1. The summed E-state index contributed by atoms with van der Waals surface area (Å²) in [6.07, 6.45) is 1.63. The Morgan fingerprint density at radius 3 is 2.89 bits per heavy atom. The predicted molar refractivity (Wildman–Crippen MR) is 104 cm³/mol. The summed E-state index contributed by atoms with van der Waals surface area (Å²) in [5, 5.41) is 12.8. The van der Waals surface area contributed by atoms with Crippen LogP contribution < -0.4 is 15.6 Å². The van der Waals surface area contributed by atoms with Crippen LogP contribution in [0.4, 0.5) is 0 Å². The largest absolute Gasteiger partial charge is 0.496 e. The van der Waals surface area contributed by atoms with Crippen molar-refractivity contribution in [3.63, 3.8) is 0 Å². The molecule has 3 aromatic heterocycles. The number of amides is 1. The van der Waals surface area contributed by atoms with Crippen LogP contribution in [-0.4, -0.2) is 27.6 Å². The molecule has 1 atom stereocenters. The summed E-state index contributed by atoms with van der Waals surface area (Å²) in [7, 11) is 1.48. The van der Waals surface area contributed by atoms with Crippen molar-refractivity contribution >= 4 is 16.9 Å². The summed E-state index contributed by atoms with van der Waals surface area (Å²) in [6.45, 7) is 5.30. The molecular formula is C20H21N5O3. The quantitative estimate of drug-likeness (QED) is 0.707. The number of carbonyl (C=O) groups excluding carboxylic acids is 1. The van der Waals surface area contributed by atoms with Crippen LogP contribution in [0.1, 0.15) is 40.3 Å². The fraction of sp³-hybridized carbons (Fsp3) is 0.300. The van der Waals surface area contributed by atoms with E-state index in [0.717, 1.165) is 0 Å². The van der Waals surface area contributed by atoms with Crippen molar-refractivity contribution in [1.29, 1.82) is 5.26 Å². The van der Waals surface area contributed by atoms with Crippen LogP contribution in [0.25, 0.3) is 11.0 Å². The first kappa shape index (κ1) is 19.2. The van der Waals surface area contributed by atoms with Crippen molar-refractivity contribution in [2.24, 2.45) is 0 Å². The van der Waals surface area contributed by atoms with Gasteiger partial charge in [-0.05, 0) is 39.0 Å². The third-order valence-electron chi connectivity index (χ3n) is 4.68. The first-order valence-corrected chi connectivity index (χ1v) is 8.79. The molecule has 0 spiro atoms. The average Bonchev–Trinajstić information content (AvgIpc) is 2.97. The molecule has 0 aliphatic carbocycles. The van der Waals surface area contributed by atoms with Crippen molar-refractivity contribution in [1.82, 2.24) is 19.9 Å². The number of nitrogens with one attached hydrogen (secondary N) is 2. The van der Waals surface area contributed by atoms with Gasteiger partial charge in [0.2, 0.25) is 0 Å². The lowest BCUT2D eigenvalue weighted by Crippen LogP contribution is -2.28. The molecule has 3 rings (SSSR count). The first-order chi connectivity index (χ1) is 13.4. The highest BCUT2D eigenvalue weighted by molar-refractivity contribution is 6.07. The topological polar surface area (TPSA) is 113 Å². The summed E-state index contributed by atoms with van der Waals surface area (Å²) in [5.41, 5.74) is 2.36. The number of fused-ring (bicyclic) bond motifs is 1. The Bertz CT molecular complexity index is 1150. The monoisotopic (exact) mass is 379 g/mol. The van der Waals surface area contributed by atoms with Gasteiger partial charge in [-0.1, -0.05) is 0 Å². The van der Waals surface area contributed by atoms with Gasteiger partial charge in [-0.3, -0.25) is 9.59 Å². The van der Waals surface area contributed by atoms with Gasteiger partial charge in [0.1, 0.15) is 17.4 Å². The maximum Gasteiger partial charge on any atom is 0.256 e. The Kier molecular flexibility index (Phi) is 5.18. The van der Waals surface area contributed by atoms with Crippen LogP contribution in [-0.2, 0) is 6.54 Å². The van der Waals surface area contributed by atoms with E-state index >= 15 is 0 Å². The van der Waals surface area contributed by atoms with Crippen molar-refractivity contribution in [2.75, 3.05) is 7.11 Å². The Morgan fingerprint density at radius 2 is 2.21 bits per heavy atom. The van der Waals surface area contributed by atoms with E-state index < -0.39 is 6.04 Å². The van der Waals surface area contributed by atoms with Crippen LogP contribution in [0, 0.1) is 25.2 Å². The number of nitriles is 1. The molecule has 3 aromatic rings. The molecule has 0 aliphatic heterocycles. The predicted octanol–water partition coefficient (Wildman–Crippen LogP) is 2.36. The van der Waals surface area contributed by atoms with Crippen molar-refractivity contribution in [2.45, 2.75) is 33.4 Å². The van der Waals surface area contributed by atoms with E-state index in [0.29, 0.717) is 39.3 Å². The maximum absolute atomic E-state index is 13.0. The lowest BCUT2D eigenvalue weighted by Gasteiger charge is -2.11. The highest BCUT2D eigenvalue weighted by atomic mass is 16.5. The summed E-state index contributed by atoms with van der Waals surface area (Å²) in [5.74, 6) is 0.0712. The van der Waals surface area contributed by atoms with Gasteiger partial charge >= 0.3 is 0 Å². The highest BCUT2D eigenvalue weighted by Crippen LogP contribution is 2.27. The zero-order valence-electron chi connectivity index (χ0n) is 16.2. The minimum Gasteiger partial charge on any atom is -0.496 e. The molecule has 2 N–H and O–H groups in total. The van der Waals surface area contributed by atoms with Gasteiger partial charge in [0.05, 0.1) is 30.9 Å². The van der Waals surface area contributed by atoms with E-state index in [9.17, 15) is 14.9 Å². The van der Waals surface area contributed by atoms with E-state index in [1.165, 1.54) is 7.11 Å². The molecule has 3 heterocycles. The van der Waals surface area contributed by atoms with Crippen molar-refractivity contribution in [3.8, 4) is 11.8 Å². The second-order valence-electron chi connectivity index (χ2n) is 6.52. The standard InChI is InChI=1S/C20H21N5O3/c1-11-8-16(28-4)15(19(26)24-11)10-23-20(27)17-13(3)25(12(2)9-21)18-14(17)6-5-7-22-18/h5-8,12H,10H2,1-4H3,(H,23,27)(H,24,26). The number of carbonyl (C=O) groups is 1. The number of aromatic amines is 1. The molecule has 0 saturated heterocycles. The Labute approximate surface area is 161 Å². The molecule has 0 radical (unpaired) electrons. The molecule has 0 aliphatic rings. The number of rotatable bonds is 5. The third-order valence-corrected chi connectivity index (χ3v) is 4.68. The Hall–Kier alpha value is -3.60. The van der Waals surface area contributed by atoms with Crippen LogP contribution in [0.15, 0.2) is 29.2 Å². The van der Waals surface area contributed by atoms with Gasteiger partial charge in [-0.2, -0.15) is 5.26 Å². The van der Waals surface area contributed by atoms with Gasteiger partial charge in [0.15, 0.2) is 0 Å². The van der Waals surface area contributed by atoms with Gasteiger partial charge in [-0.15, -0.1) is 0 Å².